The van der Waals surface area contributed by atoms with Crippen molar-refractivity contribution >= 4 is 0 Å². The van der Waals surface area contributed by atoms with E-state index >= 15 is 0 Å². The standard InChI is InChI=1S/C10H18N2O/c1-2-3-4-5-6-7-8-10-11-9-13-12-10/h9H,2-8H2,1H3. The van der Waals surface area contributed by atoms with E-state index in [1.54, 1.807) is 0 Å². The maximum absolute atomic E-state index is 4.65. The van der Waals surface area contributed by atoms with Crippen molar-refractivity contribution in [1.29, 1.82) is 0 Å². The van der Waals surface area contributed by atoms with Crippen molar-refractivity contribution in [3.8, 4) is 0 Å². The molecule has 0 aliphatic heterocycles. The summed E-state index contributed by atoms with van der Waals surface area (Å²) in [7, 11) is 0. The van der Waals surface area contributed by atoms with Gasteiger partial charge in [0.25, 0.3) is 0 Å². The molecule has 0 bridgehead atoms. The molecule has 74 valence electrons. The summed E-state index contributed by atoms with van der Waals surface area (Å²) in [5.74, 6) is 0.843. The summed E-state index contributed by atoms with van der Waals surface area (Å²) in [6, 6.07) is 0. The van der Waals surface area contributed by atoms with E-state index in [1.807, 2.05) is 0 Å². The van der Waals surface area contributed by atoms with Gasteiger partial charge in [0.1, 0.15) is 0 Å². The molecule has 0 aliphatic carbocycles. The maximum atomic E-state index is 4.65. The molecule has 0 spiro atoms. The zero-order valence-corrected chi connectivity index (χ0v) is 8.33. The van der Waals surface area contributed by atoms with Gasteiger partial charge in [0.05, 0.1) is 0 Å². The number of nitrogens with zero attached hydrogens (tertiary/aromatic N) is 2. The van der Waals surface area contributed by atoms with Crippen LogP contribution >= 0.6 is 0 Å². The molecule has 0 saturated heterocycles. The van der Waals surface area contributed by atoms with Crippen LogP contribution in [0.1, 0.15) is 51.3 Å². The summed E-state index contributed by atoms with van der Waals surface area (Å²) < 4.78 is 4.65. The Labute approximate surface area is 79.5 Å². The highest BCUT2D eigenvalue weighted by Gasteiger charge is 1.97. The van der Waals surface area contributed by atoms with Gasteiger partial charge in [-0.3, -0.25) is 0 Å². The van der Waals surface area contributed by atoms with E-state index in [-0.39, 0.29) is 0 Å². The third-order valence-corrected chi connectivity index (χ3v) is 2.16. The number of aryl methyl sites for hydroxylation is 1. The van der Waals surface area contributed by atoms with E-state index in [0.29, 0.717) is 0 Å². The van der Waals surface area contributed by atoms with Gasteiger partial charge in [0.2, 0.25) is 6.39 Å². The van der Waals surface area contributed by atoms with Gasteiger partial charge in [-0.25, -0.2) is 0 Å². The summed E-state index contributed by atoms with van der Waals surface area (Å²) in [5.41, 5.74) is 0. The highest BCUT2D eigenvalue weighted by atomic mass is 16.5. The first-order valence-corrected chi connectivity index (χ1v) is 5.18. The highest BCUT2D eigenvalue weighted by molar-refractivity contribution is 4.76. The Kier molecular flexibility index (Phi) is 5.22. The Morgan fingerprint density at radius 1 is 1.15 bits per heavy atom. The van der Waals surface area contributed by atoms with Crippen LogP contribution in [0, 0.1) is 0 Å². The first-order valence-electron chi connectivity index (χ1n) is 5.18. The molecule has 0 aliphatic rings. The molecule has 1 aromatic heterocycles. The zero-order chi connectivity index (χ0) is 9.36. The molecule has 0 unspecified atom stereocenters. The molecule has 1 aromatic rings. The van der Waals surface area contributed by atoms with E-state index in [9.17, 15) is 0 Å². The topological polar surface area (TPSA) is 38.9 Å². The van der Waals surface area contributed by atoms with Gasteiger partial charge in [-0.1, -0.05) is 44.2 Å². The first-order chi connectivity index (χ1) is 6.43. The summed E-state index contributed by atoms with van der Waals surface area (Å²) in [4.78, 5) is 3.97. The number of aromatic nitrogens is 2. The van der Waals surface area contributed by atoms with Gasteiger partial charge in [0.15, 0.2) is 5.82 Å². The second-order valence-corrected chi connectivity index (χ2v) is 3.37. The average Bonchev–Trinajstić information content (AvgIpc) is 2.63. The Morgan fingerprint density at radius 2 is 1.92 bits per heavy atom. The van der Waals surface area contributed by atoms with E-state index in [4.69, 9.17) is 0 Å². The fourth-order valence-electron chi connectivity index (χ4n) is 1.37. The molecule has 0 amide bonds. The van der Waals surface area contributed by atoms with Crippen molar-refractivity contribution in [2.75, 3.05) is 0 Å². The molecule has 1 rings (SSSR count). The number of hydrogen-bond donors (Lipinski definition) is 0. The van der Waals surface area contributed by atoms with Crippen LogP contribution in [-0.4, -0.2) is 10.1 Å². The Morgan fingerprint density at radius 3 is 2.62 bits per heavy atom. The van der Waals surface area contributed by atoms with Crippen LogP contribution in [0.4, 0.5) is 0 Å². The van der Waals surface area contributed by atoms with E-state index in [2.05, 4.69) is 21.6 Å². The van der Waals surface area contributed by atoms with Crippen molar-refractivity contribution < 1.29 is 4.52 Å². The summed E-state index contributed by atoms with van der Waals surface area (Å²) in [6.07, 6.45) is 10.2. The van der Waals surface area contributed by atoms with Gasteiger partial charge in [0, 0.05) is 6.42 Å². The predicted octanol–water partition coefficient (Wildman–Crippen LogP) is 2.97. The first kappa shape index (κ1) is 10.2. The van der Waals surface area contributed by atoms with Crippen LogP contribution in [0.25, 0.3) is 0 Å². The largest absolute Gasteiger partial charge is 0.343 e. The number of rotatable bonds is 7. The minimum Gasteiger partial charge on any atom is -0.343 e. The molecule has 0 fully saturated rings. The van der Waals surface area contributed by atoms with Gasteiger partial charge < -0.3 is 4.52 Å². The van der Waals surface area contributed by atoms with Crippen molar-refractivity contribution in [2.45, 2.75) is 51.9 Å². The fourth-order valence-corrected chi connectivity index (χ4v) is 1.37. The SMILES string of the molecule is CCCCCCCCc1ncon1. The van der Waals surface area contributed by atoms with Crippen LogP contribution in [-0.2, 0) is 6.42 Å². The minimum atomic E-state index is 0.843. The third-order valence-electron chi connectivity index (χ3n) is 2.16. The van der Waals surface area contributed by atoms with Crippen molar-refractivity contribution in [2.24, 2.45) is 0 Å². The molecule has 0 saturated carbocycles. The molecule has 0 radical (unpaired) electrons. The normalized spacial score (nSPS) is 10.5. The third kappa shape index (κ3) is 4.65. The molecule has 0 atom stereocenters. The van der Waals surface area contributed by atoms with Crippen LogP contribution < -0.4 is 0 Å². The lowest BCUT2D eigenvalue weighted by atomic mass is 10.1. The lowest BCUT2D eigenvalue weighted by molar-refractivity contribution is 0.408. The summed E-state index contributed by atoms with van der Waals surface area (Å²) in [6.45, 7) is 2.24. The van der Waals surface area contributed by atoms with Crippen LogP contribution in [0.2, 0.25) is 0 Å². The van der Waals surface area contributed by atoms with Gasteiger partial charge in [-0.05, 0) is 6.42 Å². The molecule has 13 heavy (non-hydrogen) atoms. The van der Waals surface area contributed by atoms with Gasteiger partial charge in [-0.2, -0.15) is 4.98 Å². The van der Waals surface area contributed by atoms with Crippen molar-refractivity contribution in [3.05, 3.63) is 12.2 Å². The smallest absolute Gasteiger partial charge is 0.213 e. The number of hydrogen-bond acceptors (Lipinski definition) is 3. The summed E-state index contributed by atoms with van der Waals surface area (Å²) in [5, 5.41) is 3.76. The van der Waals surface area contributed by atoms with Crippen molar-refractivity contribution in [1.82, 2.24) is 10.1 Å². The molecule has 0 aromatic carbocycles. The van der Waals surface area contributed by atoms with Crippen LogP contribution in [0.5, 0.6) is 0 Å². The molecule has 3 heteroatoms. The quantitative estimate of drug-likeness (QED) is 0.608. The van der Waals surface area contributed by atoms with Gasteiger partial charge >= 0.3 is 0 Å². The van der Waals surface area contributed by atoms with E-state index < -0.39 is 0 Å². The second-order valence-electron chi connectivity index (χ2n) is 3.37. The van der Waals surface area contributed by atoms with Crippen molar-refractivity contribution in [3.63, 3.8) is 0 Å². The molecule has 0 N–H and O–H groups in total. The van der Waals surface area contributed by atoms with E-state index in [0.717, 1.165) is 12.2 Å². The number of unbranched alkanes of at least 4 members (excludes halogenated alkanes) is 5. The predicted molar refractivity (Wildman–Crippen MR) is 51.4 cm³/mol. The fraction of sp³-hybridized carbons (Fsp3) is 0.800. The maximum Gasteiger partial charge on any atom is 0.213 e. The molecular weight excluding hydrogens is 164 g/mol. The lowest BCUT2D eigenvalue weighted by Crippen LogP contribution is -1.88. The van der Waals surface area contributed by atoms with E-state index in [1.165, 1.54) is 44.9 Å². The minimum absolute atomic E-state index is 0.843. The van der Waals surface area contributed by atoms with Crippen LogP contribution in [0.15, 0.2) is 10.9 Å². The molecule has 1 heterocycles. The Hall–Kier alpha value is -0.860. The van der Waals surface area contributed by atoms with Crippen LogP contribution in [0.3, 0.4) is 0 Å². The summed E-state index contributed by atoms with van der Waals surface area (Å²) >= 11 is 0. The van der Waals surface area contributed by atoms with Gasteiger partial charge in [-0.15, -0.1) is 0 Å². The monoisotopic (exact) mass is 182 g/mol. The highest BCUT2D eigenvalue weighted by Crippen LogP contribution is 2.06. The lowest BCUT2D eigenvalue weighted by Gasteiger charge is -1.97. The average molecular weight is 182 g/mol. The second kappa shape index (κ2) is 6.63. The Balaban J connectivity index is 1.90. The zero-order valence-electron chi connectivity index (χ0n) is 8.33. The molecular formula is C10H18N2O. The Bertz CT molecular complexity index is 197. The molecule has 3 nitrogen and oxygen atoms in total.